The fourth-order valence-electron chi connectivity index (χ4n) is 3.01. The minimum atomic E-state index is 0.193. The van der Waals surface area contributed by atoms with Gasteiger partial charge in [-0.25, -0.2) is 9.97 Å². The van der Waals surface area contributed by atoms with Crippen LogP contribution in [0.5, 0.6) is 0 Å². The van der Waals surface area contributed by atoms with Crippen molar-refractivity contribution in [2.24, 2.45) is 0 Å². The Bertz CT molecular complexity index is 854. The SMILES string of the molecule is Cc1cc(-c2ncc[nH]2)nc2cc(N3CCCC3=O)ccc12. The molecule has 22 heavy (non-hydrogen) atoms. The van der Waals surface area contributed by atoms with Gasteiger partial charge in [-0.3, -0.25) is 4.79 Å². The van der Waals surface area contributed by atoms with Gasteiger partial charge in [0.2, 0.25) is 5.91 Å². The Morgan fingerprint density at radius 1 is 1.27 bits per heavy atom. The molecule has 2 aromatic heterocycles. The van der Waals surface area contributed by atoms with Gasteiger partial charge in [0, 0.05) is 36.4 Å². The summed E-state index contributed by atoms with van der Waals surface area (Å²) >= 11 is 0. The normalized spacial score (nSPS) is 15.0. The maximum absolute atomic E-state index is 11.9. The third kappa shape index (κ3) is 2.06. The Hall–Kier alpha value is -2.69. The Labute approximate surface area is 128 Å². The lowest BCUT2D eigenvalue weighted by Crippen LogP contribution is -2.23. The van der Waals surface area contributed by atoms with Crippen molar-refractivity contribution in [3.05, 3.63) is 42.2 Å². The van der Waals surface area contributed by atoms with Crippen LogP contribution in [0, 0.1) is 6.92 Å². The van der Waals surface area contributed by atoms with Crippen molar-refractivity contribution in [2.45, 2.75) is 19.8 Å². The van der Waals surface area contributed by atoms with E-state index >= 15 is 0 Å². The van der Waals surface area contributed by atoms with E-state index in [2.05, 4.69) is 16.9 Å². The predicted octanol–water partition coefficient (Wildman–Crippen LogP) is 3.06. The number of nitrogens with one attached hydrogen (secondary N) is 1. The van der Waals surface area contributed by atoms with Gasteiger partial charge in [-0.05, 0) is 37.1 Å². The molecule has 0 unspecified atom stereocenters. The number of aromatic amines is 1. The number of anilines is 1. The molecule has 0 saturated carbocycles. The van der Waals surface area contributed by atoms with Crippen molar-refractivity contribution >= 4 is 22.5 Å². The summed E-state index contributed by atoms with van der Waals surface area (Å²) in [5, 5.41) is 1.10. The molecule has 1 aliphatic heterocycles. The fraction of sp³-hybridized carbons (Fsp3) is 0.235. The van der Waals surface area contributed by atoms with E-state index in [-0.39, 0.29) is 5.91 Å². The maximum atomic E-state index is 11.9. The number of benzene rings is 1. The number of fused-ring (bicyclic) bond motifs is 1. The molecule has 1 fully saturated rings. The molecule has 0 aliphatic carbocycles. The highest BCUT2D eigenvalue weighted by atomic mass is 16.2. The van der Waals surface area contributed by atoms with Gasteiger partial charge in [-0.2, -0.15) is 0 Å². The van der Waals surface area contributed by atoms with E-state index in [1.807, 2.05) is 29.2 Å². The smallest absolute Gasteiger partial charge is 0.227 e. The number of H-pyrrole nitrogens is 1. The number of aryl methyl sites for hydroxylation is 1. The number of nitrogens with zero attached hydrogens (tertiary/aromatic N) is 3. The van der Waals surface area contributed by atoms with E-state index in [4.69, 9.17) is 4.98 Å². The Morgan fingerprint density at radius 2 is 2.18 bits per heavy atom. The van der Waals surface area contributed by atoms with Crippen molar-refractivity contribution in [3.8, 4) is 11.5 Å². The number of carbonyl (C=O) groups is 1. The third-order valence-electron chi connectivity index (χ3n) is 4.13. The predicted molar refractivity (Wildman–Crippen MR) is 85.6 cm³/mol. The van der Waals surface area contributed by atoms with E-state index in [9.17, 15) is 4.79 Å². The fourth-order valence-corrected chi connectivity index (χ4v) is 3.01. The number of amides is 1. The van der Waals surface area contributed by atoms with Crippen LogP contribution in [-0.4, -0.2) is 27.4 Å². The van der Waals surface area contributed by atoms with Crippen LogP contribution in [-0.2, 0) is 4.79 Å². The highest BCUT2D eigenvalue weighted by Gasteiger charge is 2.22. The van der Waals surface area contributed by atoms with Crippen LogP contribution < -0.4 is 4.90 Å². The molecule has 0 spiro atoms. The first-order valence-electron chi connectivity index (χ1n) is 7.44. The lowest BCUT2D eigenvalue weighted by molar-refractivity contribution is -0.117. The molecule has 0 radical (unpaired) electrons. The van der Waals surface area contributed by atoms with E-state index in [1.165, 1.54) is 0 Å². The van der Waals surface area contributed by atoms with E-state index in [0.717, 1.165) is 46.6 Å². The van der Waals surface area contributed by atoms with Gasteiger partial charge in [0.05, 0.1) is 5.52 Å². The summed E-state index contributed by atoms with van der Waals surface area (Å²) in [6.45, 7) is 2.86. The number of carbonyl (C=O) groups excluding carboxylic acids is 1. The van der Waals surface area contributed by atoms with Gasteiger partial charge in [0.15, 0.2) is 5.82 Å². The van der Waals surface area contributed by atoms with Crippen LogP contribution >= 0.6 is 0 Å². The average molecular weight is 292 g/mol. The first kappa shape index (κ1) is 13.0. The van der Waals surface area contributed by atoms with Crippen LogP contribution in [0.3, 0.4) is 0 Å². The maximum Gasteiger partial charge on any atom is 0.227 e. The molecule has 4 rings (SSSR count). The minimum absolute atomic E-state index is 0.193. The van der Waals surface area contributed by atoms with Crippen molar-refractivity contribution in [1.82, 2.24) is 15.0 Å². The number of hydrogen-bond donors (Lipinski definition) is 1. The first-order valence-corrected chi connectivity index (χ1v) is 7.44. The average Bonchev–Trinajstić information content (AvgIpc) is 3.17. The Kier molecular flexibility index (Phi) is 2.92. The van der Waals surface area contributed by atoms with Crippen LogP contribution in [0.2, 0.25) is 0 Å². The molecular weight excluding hydrogens is 276 g/mol. The summed E-state index contributed by atoms with van der Waals surface area (Å²) < 4.78 is 0. The quantitative estimate of drug-likeness (QED) is 0.789. The van der Waals surface area contributed by atoms with Gasteiger partial charge in [-0.15, -0.1) is 0 Å². The molecule has 1 saturated heterocycles. The van der Waals surface area contributed by atoms with E-state index in [1.54, 1.807) is 12.4 Å². The summed E-state index contributed by atoms with van der Waals surface area (Å²) in [6, 6.07) is 8.08. The second kappa shape index (κ2) is 4.94. The topological polar surface area (TPSA) is 61.9 Å². The molecule has 1 amide bonds. The van der Waals surface area contributed by atoms with E-state index in [0.29, 0.717) is 6.42 Å². The summed E-state index contributed by atoms with van der Waals surface area (Å²) in [7, 11) is 0. The lowest BCUT2D eigenvalue weighted by atomic mass is 10.1. The summed E-state index contributed by atoms with van der Waals surface area (Å²) in [5.74, 6) is 0.950. The first-order chi connectivity index (χ1) is 10.7. The van der Waals surface area contributed by atoms with Crippen molar-refractivity contribution in [2.75, 3.05) is 11.4 Å². The second-order valence-corrected chi connectivity index (χ2v) is 5.61. The molecule has 0 bridgehead atoms. The monoisotopic (exact) mass is 292 g/mol. The van der Waals surface area contributed by atoms with Crippen LogP contribution in [0.25, 0.3) is 22.4 Å². The summed E-state index contributed by atoms with van der Waals surface area (Å²) in [5.41, 5.74) is 3.79. The number of rotatable bonds is 2. The third-order valence-corrected chi connectivity index (χ3v) is 4.13. The van der Waals surface area contributed by atoms with Crippen molar-refractivity contribution < 1.29 is 4.79 Å². The number of aromatic nitrogens is 3. The minimum Gasteiger partial charge on any atom is -0.343 e. The molecule has 110 valence electrons. The van der Waals surface area contributed by atoms with Crippen LogP contribution in [0.4, 0.5) is 5.69 Å². The van der Waals surface area contributed by atoms with Gasteiger partial charge in [0.25, 0.3) is 0 Å². The number of imidazole rings is 1. The zero-order chi connectivity index (χ0) is 15.1. The molecule has 1 N–H and O–H groups in total. The Morgan fingerprint density at radius 3 is 2.91 bits per heavy atom. The molecule has 5 nitrogen and oxygen atoms in total. The Balaban J connectivity index is 1.85. The summed E-state index contributed by atoms with van der Waals surface area (Å²) in [6.07, 6.45) is 5.07. The van der Waals surface area contributed by atoms with Crippen LogP contribution in [0.1, 0.15) is 18.4 Å². The molecule has 1 aliphatic rings. The molecule has 3 heterocycles. The number of pyridine rings is 1. The van der Waals surface area contributed by atoms with Crippen LogP contribution in [0.15, 0.2) is 36.7 Å². The number of hydrogen-bond acceptors (Lipinski definition) is 3. The standard InChI is InChI=1S/C17H16N4O/c1-11-9-15(17-18-6-7-19-17)20-14-10-12(4-5-13(11)14)21-8-2-3-16(21)22/h4-7,9-10H,2-3,8H2,1H3,(H,18,19). The highest BCUT2D eigenvalue weighted by molar-refractivity contribution is 5.98. The molecule has 5 heteroatoms. The van der Waals surface area contributed by atoms with Gasteiger partial charge in [0.1, 0.15) is 5.69 Å². The van der Waals surface area contributed by atoms with E-state index < -0.39 is 0 Å². The molecular formula is C17H16N4O. The zero-order valence-electron chi connectivity index (χ0n) is 12.3. The lowest BCUT2D eigenvalue weighted by Gasteiger charge is -2.16. The zero-order valence-corrected chi connectivity index (χ0v) is 12.3. The van der Waals surface area contributed by atoms with Gasteiger partial charge < -0.3 is 9.88 Å². The van der Waals surface area contributed by atoms with Gasteiger partial charge in [-0.1, -0.05) is 6.07 Å². The summed E-state index contributed by atoms with van der Waals surface area (Å²) in [4.78, 5) is 25.8. The molecule has 3 aromatic rings. The van der Waals surface area contributed by atoms with Gasteiger partial charge >= 0.3 is 0 Å². The van der Waals surface area contributed by atoms with Crippen molar-refractivity contribution in [3.63, 3.8) is 0 Å². The highest BCUT2D eigenvalue weighted by Crippen LogP contribution is 2.28. The second-order valence-electron chi connectivity index (χ2n) is 5.61. The molecule has 0 atom stereocenters. The van der Waals surface area contributed by atoms with Crippen molar-refractivity contribution in [1.29, 1.82) is 0 Å². The largest absolute Gasteiger partial charge is 0.343 e. The molecule has 1 aromatic carbocycles.